The first-order chi connectivity index (χ1) is 8.74. The minimum atomic E-state index is -0.395. The van der Waals surface area contributed by atoms with E-state index in [1.807, 2.05) is 30.3 Å². The summed E-state index contributed by atoms with van der Waals surface area (Å²) in [6.45, 7) is 0.329. The zero-order valence-corrected chi connectivity index (χ0v) is 10.4. The number of hydrogen-bond donors (Lipinski definition) is 1. The molecule has 0 saturated carbocycles. The predicted molar refractivity (Wildman–Crippen MR) is 69.6 cm³/mol. The summed E-state index contributed by atoms with van der Waals surface area (Å²) in [7, 11) is 3.11. The molecule has 96 valence electrons. The van der Waals surface area contributed by atoms with Crippen molar-refractivity contribution in [3.63, 3.8) is 0 Å². The number of amidine groups is 1. The molecule has 0 amide bonds. The van der Waals surface area contributed by atoms with Crippen molar-refractivity contribution in [2.45, 2.75) is 6.29 Å². The van der Waals surface area contributed by atoms with Gasteiger partial charge in [-0.15, -0.1) is 0 Å². The van der Waals surface area contributed by atoms with Crippen molar-refractivity contribution in [1.82, 2.24) is 0 Å². The van der Waals surface area contributed by atoms with Crippen LogP contribution in [0.25, 0.3) is 11.0 Å². The highest BCUT2D eigenvalue weighted by atomic mass is 16.7. The molecule has 1 aromatic heterocycles. The summed E-state index contributed by atoms with van der Waals surface area (Å²) in [4.78, 5) is 4.18. The number of nitrogens with zero attached hydrogens (tertiary/aromatic N) is 1. The highest BCUT2D eigenvalue weighted by Crippen LogP contribution is 2.18. The largest absolute Gasteiger partial charge is 0.453 e. The van der Waals surface area contributed by atoms with Crippen LogP contribution in [0.3, 0.4) is 0 Å². The Bertz CT molecular complexity index is 511. The molecule has 0 bridgehead atoms. The lowest BCUT2D eigenvalue weighted by molar-refractivity contribution is -0.0936. The second-order valence-corrected chi connectivity index (χ2v) is 3.78. The number of ether oxygens (including phenoxy) is 2. The Hall–Kier alpha value is -1.85. The quantitative estimate of drug-likeness (QED) is 0.497. The Balaban J connectivity index is 2.17. The number of fused-ring (bicyclic) bond motifs is 1. The first-order valence-corrected chi connectivity index (χ1v) is 5.59. The molecule has 1 aromatic carbocycles. The Kier molecular flexibility index (Phi) is 3.96. The van der Waals surface area contributed by atoms with Crippen LogP contribution in [-0.2, 0) is 9.47 Å². The molecule has 5 nitrogen and oxygen atoms in total. The van der Waals surface area contributed by atoms with Crippen LogP contribution in [0.2, 0.25) is 0 Å². The number of aliphatic imine (C=N–C) groups is 1. The summed E-state index contributed by atoms with van der Waals surface area (Å²) in [5.74, 6) is 0.896. The molecule has 0 atom stereocenters. The molecule has 2 N–H and O–H groups in total. The van der Waals surface area contributed by atoms with Crippen molar-refractivity contribution in [2.24, 2.45) is 10.7 Å². The topological polar surface area (TPSA) is 70.0 Å². The molecule has 0 aliphatic rings. The van der Waals surface area contributed by atoms with Crippen molar-refractivity contribution >= 4 is 16.8 Å². The number of benzene rings is 1. The van der Waals surface area contributed by atoms with E-state index in [2.05, 4.69) is 4.99 Å². The van der Waals surface area contributed by atoms with Gasteiger partial charge in [-0.05, 0) is 12.1 Å². The summed E-state index contributed by atoms with van der Waals surface area (Å²) in [6.07, 6.45) is -0.395. The summed E-state index contributed by atoms with van der Waals surface area (Å²) in [5.41, 5.74) is 6.65. The number of para-hydroxylation sites is 1. The fourth-order valence-corrected chi connectivity index (χ4v) is 1.60. The minimum absolute atomic E-state index is 0.329. The average molecular weight is 248 g/mol. The van der Waals surface area contributed by atoms with E-state index >= 15 is 0 Å². The number of methoxy groups -OCH3 is 2. The maximum absolute atomic E-state index is 5.86. The fourth-order valence-electron chi connectivity index (χ4n) is 1.60. The second-order valence-electron chi connectivity index (χ2n) is 3.78. The molecule has 2 rings (SSSR count). The summed E-state index contributed by atoms with van der Waals surface area (Å²) in [6, 6.07) is 9.57. The SMILES string of the molecule is COC(CN=C(N)c1cc2ccccc2o1)OC. The minimum Gasteiger partial charge on any atom is -0.453 e. The molecule has 0 radical (unpaired) electrons. The molecule has 0 spiro atoms. The van der Waals surface area contributed by atoms with E-state index in [4.69, 9.17) is 19.6 Å². The van der Waals surface area contributed by atoms with Crippen LogP contribution in [-0.4, -0.2) is 32.9 Å². The molecular formula is C13H16N2O3. The van der Waals surface area contributed by atoms with Crippen LogP contribution in [0, 0.1) is 0 Å². The number of hydrogen-bond acceptors (Lipinski definition) is 4. The van der Waals surface area contributed by atoms with Gasteiger partial charge in [-0.25, -0.2) is 0 Å². The molecule has 18 heavy (non-hydrogen) atoms. The van der Waals surface area contributed by atoms with Gasteiger partial charge < -0.3 is 19.6 Å². The molecule has 0 saturated heterocycles. The van der Waals surface area contributed by atoms with E-state index < -0.39 is 6.29 Å². The van der Waals surface area contributed by atoms with Gasteiger partial charge in [-0.1, -0.05) is 18.2 Å². The van der Waals surface area contributed by atoms with Gasteiger partial charge in [0.1, 0.15) is 5.58 Å². The normalized spacial score (nSPS) is 12.5. The van der Waals surface area contributed by atoms with Crippen LogP contribution < -0.4 is 5.73 Å². The van der Waals surface area contributed by atoms with Gasteiger partial charge in [0, 0.05) is 19.6 Å². The zero-order valence-electron chi connectivity index (χ0n) is 10.4. The third-order valence-electron chi connectivity index (χ3n) is 2.61. The van der Waals surface area contributed by atoms with Gasteiger partial charge in [-0.2, -0.15) is 0 Å². The molecule has 0 aliphatic carbocycles. The fraction of sp³-hybridized carbons (Fsp3) is 0.308. The van der Waals surface area contributed by atoms with Crippen LogP contribution >= 0.6 is 0 Å². The second kappa shape index (κ2) is 5.66. The van der Waals surface area contributed by atoms with E-state index in [1.165, 1.54) is 0 Å². The van der Waals surface area contributed by atoms with Gasteiger partial charge in [0.15, 0.2) is 17.9 Å². The number of nitrogens with two attached hydrogens (primary N) is 1. The van der Waals surface area contributed by atoms with Gasteiger partial charge in [-0.3, -0.25) is 4.99 Å². The maximum Gasteiger partial charge on any atom is 0.176 e. The molecule has 1 heterocycles. The lowest BCUT2D eigenvalue weighted by Gasteiger charge is -2.09. The Morgan fingerprint density at radius 2 is 2.06 bits per heavy atom. The molecular weight excluding hydrogens is 232 g/mol. The van der Waals surface area contributed by atoms with Crippen LogP contribution in [0.5, 0.6) is 0 Å². The van der Waals surface area contributed by atoms with Gasteiger partial charge in [0.05, 0.1) is 6.54 Å². The average Bonchev–Trinajstić information content (AvgIpc) is 2.83. The van der Waals surface area contributed by atoms with E-state index in [9.17, 15) is 0 Å². The lowest BCUT2D eigenvalue weighted by atomic mass is 10.2. The first kappa shape index (κ1) is 12.6. The third-order valence-corrected chi connectivity index (χ3v) is 2.61. The highest BCUT2D eigenvalue weighted by Gasteiger charge is 2.08. The summed E-state index contributed by atoms with van der Waals surface area (Å²) < 4.78 is 15.7. The van der Waals surface area contributed by atoms with Crippen molar-refractivity contribution < 1.29 is 13.9 Å². The molecule has 0 unspecified atom stereocenters. The van der Waals surface area contributed by atoms with Crippen LogP contribution in [0.4, 0.5) is 0 Å². The Morgan fingerprint density at radius 3 is 2.72 bits per heavy atom. The summed E-state index contributed by atoms with van der Waals surface area (Å²) in [5, 5.41) is 1.00. The van der Waals surface area contributed by atoms with Gasteiger partial charge in [0.25, 0.3) is 0 Å². The molecule has 5 heteroatoms. The summed E-state index contributed by atoms with van der Waals surface area (Å²) >= 11 is 0. The first-order valence-electron chi connectivity index (χ1n) is 5.59. The van der Waals surface area contributed by atoms with Crippen molar-refractivity contribution in [2.75, 3.05) is 20.8 Å². The molecule has 0 fully saturated rings. The van der Waals surface area contributed by atoms with Gasteiger partial charge >= 0.3 is 0 Å². The van der Waals surface area contributed by atoms with Crippen molar-refractivity contribution in [3.05, 3.63) is 36.1 Å². The van der Waals surface area contributed by atoms with Crippen LogP contribution in [0.15, 0.2) is 39.7 Å². The Morgan fingerprint density at radius 1 is 1.33 bits per heavy atom. The zero-order chi connectivity index (χ0) is 13.0. The number of rotatable bonds is 5. The van der Waals surface area contributed by atoms with Crippen molar-refractivity contribution in [3.8, 4) is 0 Å². The Labute approximate surface area is 105 Å². The van der Waals surface area contributed by atoms with Crippen LogP contribution in [0.1, 0.15) is 5.76 Å². The van der Waals surface area contributed by atoms with E-state index in [0.29, 0.717) is 18.1 Å². The standard InChI is InChI=1S/C13H16N2O3/c1-16-12(17-2)8-15-13(14)11-7-9-5-3-4-6-10(9)18-11/h3-7,12H,8H2,1-2H3,(H2,14,15). The number of furan rings is 1. The maximum atomic E-state index is 5.86. The smallest absolute Gasteiger partial charge is 0.176 e. The van der Waals surface area contributed by atoms with E-state index in [0.717, 1.165) is 11.0 Å². The van der Waals surface area contributed by atoms with Crippen molar-refractivity contribution in [1.29, 1.82) is 0 Å². The van der Waals surface area contributed by atoms with E-state index in [1.54, 1.807) is 14.2 Å². The van der Waals surface area contributed by atoms with E-state index in [-0.39, 0.29) is 0 Å². The van der Waals surface area contributed by atoms with Gasteiger partial charge in [0.2, 0.25) is 0 Å². The lowest BCUT2D eigenvalue weighted by Crippen LogP contribution is -2.20. The highest BCUT2D eigenvalue weighted by molar-refractivity contribution is 5.98. The third kappa shape index (κ3) is 2.69. The predicted octanol–water partition coefficient (Wildman–Crippen LogP) is 1.76. The molecule has 0 aliphatic heterocycles. The molecule has 2 aromatic rings. The monoisotopic (exact) mass is 248 g/mol.